The number of rotatable bonds is 6. The first-order valence-corrected chi connectivity index (χ1v) is 9.16. The summed E-state index contributed by atoms with van der Waals surface area (Å²) in [4.78, 5) is 12.4. The van der Waals surface area contributed by atoms with Crippen molar-refractivity contribution < 1.29 is 18.7 Å². The smallest absolute Gasteiger partial charge is 0.307 e. The van der Waals surface area contributed by atoms with Crippen LogP contribution >= 0.6 is 15.9 Å². The van der Waals surface area contributed by atoms with Gasteiger partial charge < -0.3 is 13.9 Å². The van der Waals surface area contributed by atoms with Crippen molar-refractivity contribution in [2.45, 2.75) is 13.8 Å². The Bertz CT molecular complexity index is 1010. The van der Waals surface area contributed by atoms with Gasteiger partial charge in [0.25, 0.3) is 0 Å². The number of para-hydroxylation sites is 1. The molecule has 27 heavy (non-hydrogen) atoms. The average molecular weight is 431 g/mol. The van der Waals surface area contributed by atoms with Gasteiger partial charge in [-0.25, -0.2) is 5.43 Å². The number of hydrogen-bond donors (Lipinski definition) is 1. The Morgan fingerprint density at radius 2 is 2.11 bits per heavy atom. The van der Waals surface area contributed by atoms with E-state index in [1.807, 2.05) is 44.2 Å². The normalized spacial score (nSPS) is 11.1. The molecule has 0 aliphatic heterocycles. The zero-order valence-electron chi connectivity index (χ0n) is 15.2. The molecule has 1 heterocycles. The standard InChI is InChI=1S/C20H19BrN2O4/c1-4-26-19-15(21)9-13(10-17(19)25-3)11-22-23-20(24)18-12(2)14-7-5-6-8-16(14)27-18/h5-11H,4H2,1-3H3,(H,23,24)/b22-11+. The number of methoxy groups -OCH3 is 1. The third-order valence-corrected chi connectivity index (χ3v) is 4.56. The lowest BCUT2D eigenvalue weighted by Gasteiger charge is -2.11. The second-order valence-corrected chi connectivity index (χ2v) is 6.57. The largest absolute Gasteiger partial charge is 0.493 e. The van der Waals surface area contributed by atoms with E-state index in [1.54, 1.807) is 13.2 Å². The Kier molecular flexibility index (Phi) is 5.81. The number of nitrogens with one attached hydrogen (secondary N) is 1. The molecule has 0 aliphatic carbocycles. The highest BCUT2D eigenvalue weighted by Crippen LogP contribution is 2.36. The van der Waals surface area contributed by atoms with E-state index in [0.29, 0.717) is 23.7 Å². The van der Waals surface area contributed by atoms with Crippen LogP contribution in [0.5, 0.6) is 11.5 Å². The maximum Gasteiger partial charge on any atom is 0.307 e. The molecule has 2 aromatic carbocycles. The average Bonchev–Trinajstić information content (AvgIpc) is 3.01. The highest BCUT2D eigenvalue weighted by molar-refractivity contribution is 9.10. The number of furan rings is 1. The Morgan fingerprint density at radius 3 is 2.81 bits per heavy atom. The van der Waals surface area contributed by atoms with Crippen LogP contribution in [-0.2, 0) is 0 Å². The van der Waals surface area contributed by atoms with Crippen molar-refractivity contribution in [1.82, 2.24) is 5.43 Å². The molecular weight excluding hydrogens is 412 g/mol. The maximum absolute atomic E-state index is 12.4. The summed E-state index contributed by atoms with van der Waals surface area (Å²) in [5.41, 5.74) is 4.69. The van der Waals surface area contributed by atoms with Gasteiger partial charge in [0.05, 0.1) is 24.4 Å². The fraction of sp³-hybridized carbons (Fsp3) is 0.200. The molecule has 1 N–H and O–H groups in total. The number of carbonyl (C=O) groups is 1. The molecular formula is C20H19BrN2O4. The number of carbonyl (C=O) groups excluding carboxylic acids is 1. The molecule has 6 nitrogen and oxygen atoms in total. The highest BCUT2D eigenvalue weighted by atomic mass is 79.9. The minimum absolute atomic E-state index is 0.249. The Labute approximate surface area is 165 Å². The molecule has 0 atom stereocenters. The van der Waals surface area contributed by atoms with Gasteiger partial charge in [0, 0.05) is 10.9 Å². The van der Waals surface area contributed by atoms with Crippen LogP contribution in [0.3, 0.4) is 0 Å². The summed E-state index contributed by atoms with van der Waals surface area (Å²) >= 11 is 3.46. The third-order valence-electron chi connectivity index (χ3n) is 3.97. The Balaban J connectivity index is 1.77. The van der Waals surface area contributed by atoms with E-state index in [0.717, 1.165) is 21.0 Å². The summed E-state index contributed by atoms with van der Waals surface area (Å²) in [6, 6.07) is 11.1. The van der Waals surface area contributed by atoms with Crippen LogP contribution in [0.4, 0.5) is 0 Å². The lowest BCUT2D eigenvalue weighted by molar-refractivity contribution is 0.0929. The minimum atomic E-state index is -0.406. The second kappa shape index (κ2) is 8.26. The Morgan fingerprint density at radius 1 is 1.33 bits per heavy atom. The van der Waals surface area contributed by atoms with E-state index in [-0.39, 0.29) is 5.76 Å². The van der Waals surface area contributed by atoms with E-state index in [4.69, 9.17) is 13.9 Å². The first-order valence-electron chi connectivity index (χ1n) is 8.37. The molecule has 0 aliphatic rings. The third kappa shape index (κ3) is 3.98. The molecule has 0 saturated carbocycles. The van der Waals surface area contributed by atoms with Crippen molar-refractivity contribution in [1.29, 1.82) is 0 Å². The predicted octanol–water partition coefficient (Wildman–Crippen LogP) is 4.67. The van der Waals surface area contributed by atoms with Crippen molar-refractivity contribution in [3.8, 4) is 11.5 Å². The molecule has 3 aromatic rings. The first kappa shape index (κ1) is 19.0. The van der Waals surface area contributed by atoms with Crippen LogP contribution in [0.15, 0.2) is 50.4 Å². The number of hydrogen-bond acceptors (Lipinski definition) is 5. The summed E-state index contributed by atoms with van der Waals surface area (Å²) < 4.78 is 17.3. The zero-order chi connectivity index (χ0) is 19.4. The van der Waals surface area contributed by atoms with Gasteiger partial charge in [-0.05, 0) is 53.5 Å². The first-order chi connectivity index (χ1) is 13.0. The number of fused-ring (bicyclic) bond motifs is 1. The molecule has 3 rings (SSSR count). The molecule has 0 spiro atoms. The molecule has 140 valence electrons. The van der Waals surface area contributed by atoms with Crippen molar-refractivity contribution in [3.63, 3.8) is 0 Å². The van der Waals surface area contributed by atoms with Gasteiger partial charge in [-0.15, -0.1) is 0 Å². The van der Waals surface area contributed by atoms with Crippen LogP contribution in [-0.4, -0.2) is 25.8 Å². The number of nitrogens with zero attached hydrogens (tertiary/aromatic N) is 1. The van der Waals surface area contributed by atoms with Crippen LogP contribution in [0.2, 0.25) is 0 Å². The molecule has 0 radical (unpaired) electrons. The van der Waals surface area contributed by atoms with Crippen LogP contribution < -0.4 is 14.9 Å². The highest BCUT2D eigenvalue weighted by Gasteiger charge is 2.17. The van der Waals surface area contributed by atoms with Crippen LogP contribution in [0, 0.1) is 6.92 Å². The molecule has 0 bridgehead atoms. The molecule has 1 amide bonds. The van der Waals surface area contributed by atoms with E-state index >= 15 is 0 Å². The number of halogens is 1. The quantitative estimate of drug-likeness (QED) is 0.455. The van der Waals surface area contributed by atoms with Gasteiger partial charge in [-0.3, -0.25) is 4.79 Å². The van der Waals surface area contributed by atoms with Gasteiger partial charge >= 0.3 is 5.91 Å². The van der Waals surface area contributed by atoms with E-state index in [1.165, 1.54) is 6.21 Å². The molecule has 0 unspecified atom stereocenters. The van der Waals surface area contributed by atoms with E-state index < -0.39 is 5.91 Å². The maximum atomic E-state index is 12.4. The Hall–Kier alpha value is -2.80. The van der Waals surface area contributed by atoms with E-state index in [9.17, 15) is 4.79 Å². The summed E-state index contributed by atoms with van der Waals surface area (Å²) in [7, 11) is 1.57. The summed E-state index contributed by atoms with van der Waals surface area (Å²) in [5, 5.41) is 4.93. The number of amides is 1. The van der Waals surface area contributed by atoms with Crippen molar-refractivity contribution in [2.75, 3.05) is 13.7 Å². The predicted molar refractivity (Wildman–Crippen MR) is 108 cm³/mol. The fourth-order valence-corrected chi connectivity index (χ4v) is 3.28. The number of aryl methyl sites for hydroxylation is 1. The molecule has 0 fully saturated rings. The summed E-state index contributed by atoms with van der Waals surface area (Å²) in [6.07, 6.45) is 1.53. The SMILES string of the molecule is CCOc1c(Br)cc(/C=N/NC(=O)c2oc3ccccc3c2C)cc1OC. The van der Waals surface area contributed by atoms with Crippen molar-refractivity contribution in [3.05, 3.63) is 57.8 Å². The number of ether oxygens (including phenoxy) is 2. The number of benzene rings is 2. The van der Waals surface area contributed by atoms with Crippen LogP contribution in [0.25, 0.3) is 11.0 Å². The molecule has 1 aromatic heterocycles. The lowest BCUT2D eigenvalue weighted by atomic mass is 10.1. The van der Waals surface area contributed by atoms with Gasteiger partial charge in [0.1, 0.15) is 5.58 Å². The molecule has 7 heteroatoms. The van der Waals surface area contributed by atoms with Gasteiger partial charge in [-0.1, -0.05) is 18.2 Å². The minimum Gasteiger partial charge on any atom is -0.493 e. The monoisotopic (exact) mass is 430 g/mol. The summed E-state index contributed by atoms with van der Waals surface area (Å²) in [5.74, 6) is 1.04. The van der Waals surface area contributed by atoms with Gasteiger partial charge in [0.2, 0.25) is 0 Å². The zero-order valence-corrected chi connectivity index (χ0v) is 16.8. The van der Waals surface area contributed by atoms with Gasteiger partial charge in [-0.2, -0.15) is 5.10 Å². The summed E-state index contributed by atoms with van der Waals surface area (Å²) in [6.45, 7) is 4.27. The lowest BCUT2D eigenvalue weighted by Crippen LogP contribution is -2.17. The topological polar surface area (TPSA) is 73.1 Å². The van der Waals surface area contributed by atoms with Gasteiger partial charge in [0.15, 0.2) is 17.3 Å². The van der Waals surface area contributed by atoms with E-state index in [2.05, 4.69) is 26.5 Å². The van der Waals surface area contributed by atoms with Crippen molar-refractivity contribution in [2.24, 2.45) is 5.10 Å². The van der Waals surface area contributed by atoms with Crippen molar-refractivity contribution >= 4 is 39.0 Å². The fourth-order valence-electron chi connectivity index (χ4n) is 2.71. The molecule has 0 saturated heterocycles. The van der Waals surface area contributed by atoms with Crippen LogP contribution in [0.1, 0.15) is 28.6 Å². The number of hydrazone groups is 1. The second-order valence-electron chi connectivity index (χ2n) is 5.72.